The van der Waals surface area contributed by atoms with Crippen LogP contribution in [0.1, 0.15) is 38.5 Å². The molecule has 3 saturated heterocycles. The molecule has 2 atom stereocenters. The fraction of sp³-hybridized carbons (Fsp3) is 0.696. The highest BCUT2D eigenvalue weighted by molar-refractivity contribution is 5.79. The molecule has 1 N–H and O–H groups in total. The molecule has 3 aliphatic heterocycles. The molecule has 2 unspecified atom stereocenters. The molecule has 1 amide bonds. The number of halogens is 3. The van der Waals surface area contributed by atoms with E-state index in [0.29, 0.717) is 25.6 Å². The van der Waals surface area contributed by atoms with E-state index in [1.54, 1.807) is 6.08 Å². The van der Waals surface area contributed by atoms with Crippen molar-refractivity contribution in [1.29, 1.82) is 0 Å². The topological polar surface area (TPSA) is 44.8 Å². The van der Waals surface area contributed by atoms with Gasteiger partial charge in [0.25, 0.3) is 0 Å². The van der Waals surface area contributed by atoms with E-state index in [0.717, 1.165) is 63.1 Å². The van der Waals surface area contributed by atoms with E-state index in [1.807, 2.05) is 11.1 Å². The van der Waals surface area contributed by atoms with Gasteiger partial charge in [-0.3, -0.25) is 14.6 Å². The third-order valence-corrected chi connectivity index (χ3v) is 6.81. The highest BCUT2D eigenvalue weighted by Gasteiger charge is 2.39. The number of nitrogens with zero attached hydrogens (tertiary/aromatic N) is 2. The Morgan fingerprint density at radius 2 is 2.03 bits per heavy atom. The van der Waals surface area contributed by atoms with E-state index in [2.05, 4.69) is 10.2 Å². The van der Waals surface area contributed by atoms with Gasteiger partial charge in [-0.05, 0) is 55.2 Å². The molecular formula is C23H32F3N3O2. The number of ether oxygens (including phenoxy) is 1. The van der Waals surface area contributed by atoms with Crippen molar-refractivity contribution in [1.82, 2.24) is 15.1 Å². The predicted octanol–water partition coefficient (Wildman–Crippen LogP) is 3.40. The zero-order valence-electron chi connectivity index (χ0n) is 17.9. The standard InChI is InChI=1S/C23H32F3N3O2/c24-23(25,26)20-4-3-18-6-8-28(15-19(18)12-20)16-22(30)27-13-17-5-9-29(14-17)21-2-1-10-31-11-7-21/h3,12-13,20-21H,1-2,4-11,14-16H2,(H,27,30)/b17-13+. The molecule has 0 aromatic rings. The van der Waals surface area contributed by atoms with Crippen LogP contribution < -0.4 is 5.32 Å². The quantitative estimate of drug-likeness (QED) is 0.729. The molecule has 3 heterocycles. The number of piperidine rings is 1. The average Bonchev–Trinajstić information content (AvgIpc) is 3.04. The number of carbonyl (C=O) groups excluding carboxylic acids is 1. The number of rotatable bonds is 4. The normalized spacial score (nSPS) is 29.8. The molecule has 0 aromatic heterocycles. The lowest BCUT2D eigenvalue weighted by Gasteiger charge is -2.33. The molecule has 8 heteroatoms. The van der Waals surface area contributed by atoms with Gasteiger partial charge in [-0.15, -0.1) is 0 Å². The molecule has 0 bridgehead atoms. The fourth-order valence-corrected chi connectivity index (χ4v) is 5.02. The Morgan fingerprint density at radius 3 is 2.87 bits per heavy atom. The monoisotopic (exact) mass is 439 g/mol. The molecular weight excluding hydrogens is 407 g/mol. The van der Waals surface area contributed by atoms with E-state index in [-0.39, 0.29) is 18.9 Å². The lowest BCUT2D eigenvalue weighted by atomic mass is 9.86. The maximum atomic E-state index is 13.1. The van der Waals surface area contributed by atoms with Crippen LogP contribution in [0.4, 0.5) is 13.2 Å². The van der Waals surface area contributed by atoms with Gasteiger partial charge in [0.2, 0.25) is 5.91 Å². The van der Waals surface area contributed by atoms with Crippen LogP contribution in [0.15, 0.2) is 35.1 Å². The van der Waals surface area contributed by atoms with Crippen LogP contribution in [-0.2, 0) is 9.53 Å². The number of hydrogen-bond acceptors (Lipinski definition) is 4. The highest BCUT2D eigenvalue weighted by Crippen LogP contribution is 2.37. The summed E-state index contributed by atoms with van der Waals surface area (Å²) in [5.74, 6) is -1.51. The molecule has 0 aromatic carbocycles. The van der Waals surface area contributed by atoms with Crippen molar-refractivity contribution in [3.8, 4) is 0 Å². The zero-order valence-corrected chi connectivity index (χ0v) is 17.9. The summed E-state index contributed by atoms with van der Waals surface area (Å²) in [6.07, 6.45) is 5.72. The van der Waals surface area contributed by atoms with Crippen molar-refractivity contribution < 1.29 is 22.7 Å². The molecule has 0 radical (unpaired) electrons. The van der Waals surface area contributed by atoms with Gasteiger partial charge in [0.15, 0.2) is 0 Å². The maximum Gasteiger partial charge on any atom is 0.395 e. The Hall–Kier alpha value is -1.64. The third kappa shape index (κ3) is 5.99. The van der Waals surface area contributed by atoms with Gasteiger partial charge in [-0.25, -0.2) is 0 Å². The summed E-state index contributed by atoms with van der Waals surface area (Å²) in [7, 11) is 0. The largest absolute Gasteiger partial charge is 0.395 e. The number of nitrogens with one attached hydrogen (secondary N) is 1. The molecule has 31 heavy (non-hydrogen) atoms. The lowest BCUT2D eigenvalue weighted by Crippen LogP contribution is -2.40. The first-order valence-electron chi connectivity index (χ1n) is 11.4. The second-order valence-electron chi connectivity index (χ2n) is 9.05. The molecule has 0 spiro atoms. The SMILES string of the molecule is O=C(CN1CCC2=CCC(C(F)(F)F)C=C2C1)N/C=C1\CCN(C2CCCOCC2)C1. The molecule has 3 fully saturated rings. The summed E-state index contributed by atoms with van der Waals surface area (Å²) in [6.45, 7) is 4.88. The van der Waals surface area contributed by atoms with Crippen molar-refractivity contribution >= 4 is 5.91 Å². The van der Waals surface area contributed by atoms with E-state index >= 15 is 0 Å². The highest BCUT2D eigenvalue weighted by atomic mass is 19.4. The minimum Gasteiger partial charge on any atom is -0.381 e. The van der Waals surface area contributed by atoms with Crippen LogP contribution in [0.3, 0.4) is 0 Å². The van der Waals surface area contributed by atoms with E-state index < -0.39 is 12.1 Å². The molecule has 5 nitrogen and oxygen atoms in total. The first kappa shape index (κ1) is 22.6. The van der Waals surface area contributed by atoms with Crippen molar-refractivity contribution in [3.63, 3.8) is 0 Å². The molecule has 4 aliphatic rings. The third-order valence-electron chi connectivity index (χ3n) is 6.81. The molecule has 172 valence electrons. The van der Waals surface area contributed by atoms with E-state index in [9.17, 15) is 18.0 Å². The van der Waals surface area contributed by atoms with E-state index in [4.69, 9.17) is 4.74 Å². The summed E-state index contributed by atoms with van der Waals surface area (Å²) in [4.78, 5) is 16.9. The van der Waals surface area contributed by atoms with Gasteiger partial charge < -0.3 is 10.1 Å². The van der Waals surface area contributed by atoms with Gasteiger partial charge in [0.1, 0.15) is 0 Å². The minimum atomic E-state index is -4.21. The Labute approximate surface area is 182 Å². The number of allylic oxidation sites excluding steroid dienone is 2. The van der Waals surface area contributed by atoms with Gasteiger partial charge in [-0.1, -0.05) is 12.2 Å². The Kier molecular flexibility index (Phi) is 7.19. The van der Waals surface area contributed by atoms with Gasteiger partial charge in [0.05, 0.1) is 12.5 Å². The van der Waals surface area contributed by atoms with Crippen LogP contribution in [0.5, 0.6) is 0 Å². The summed E-state index contributed by atoms with van der Waals surface area (Å²) >= 11 is 0. The number of fused-ring (bicyclic) bond motifs is 1. The smallest absolute Gasteiger partial charge is 0.381 e. The Bertz CT molecular complexity index is 752. The summed E-state index contributed by atoms with van der Waals surface area (Å²) < 4.78 is 44.7. The fourth-order valence-electron chi connectivity index (χ4n) is 5.02. The number of amides is 1. The number of alkyl halides is 3. The second kappa shape index (κ2) is 9.88. The number of hydrogen-bond donors (Lipinski definition) is 1. The van der Waals surface area contributed by atoms with Crippen molar-refractivity contribution in [2.24, 2.45) is 5.92 Å². The maximum absolute atomic E-state index is 13.1. The first-order chi connectivity index (χ1) is 14.9. The Balaban J connectivity index is 1.25. The lowest BCUT2D eigenvalue weighted by molar-refractivity contribution is -0.160. The summed E-state index contributed by atoms with van der Waals surface area (Å²) in [5, 5.41) is 2.90. The van der Waals surface area contributed by atoms with Gasteiger partial charge >= 0.3 is 6.18 Å². The van der Waals surface area contributed by atoms with Crippen LogP contribution in [0, 0.1) is 5.92 Å². The van der Waals surface area contributed by atoms with Crippen molar-refractivity contribution in [3.05, 3.63) is 35.1 Å². The summed E-state index contributed by atoms with van der Waals surface area (Å²) in [5.41, 5.74) is 2.96. The van der Waals surface area contributed by atoms with Gasteiger partial charge in [-0.2, -0.15) is 13.2 Å². The van der Waals surface area contributed by atoms with Crippen LogP contribution >= 0.6 is 0 Å². The molecule has 1 aliphatic carbocycles. The minimum absolute atomic E-state index is 0.0291. The second-order valence-corrected chi connectivity index (χ2v) is 9.05. The Morgan fingerprint density at radius 1 is 1.16 bits per heavy atom. The van der Waals surface area contributed by atoms with E-state index in [1.165, 1.54) is 11.6 Å². The molecule has 4 rings (SSSR count). The van der Waals surface area contributed by atoms with Crippen LogP contribution in [0.25, 0.3) is 0 Å². The molecule has 0 saturated carbocycles. The zero-order chi connectivity index (χ0) is 21.8. The van der Waals surface area contributed by atoms with Crippen LogP contribution in [-0.4, -0.2) is 73.9 Å². The van der Waals surface area contributed by atoms with Crippen LogP contribution in [0.2, 0.25) is 0 Å². The van der Waals surface area contributed by atoms with Crippen molar-refractivity contribution in [2.45, 2.75) is 50.7 Å². The van der Waals surface area contributed by atoms with Crippen molar-refractivity contribution in [2.75, 3.05) is 45.9 Å². The predicted molar refractivity (Wildman–Crippen MR) is 112 cm³/mol. The number of carbonyl (C=O) groups is 1. The first-order valence-corrected chi connectivity index (χ1v) is 11.4. The van der Waals surface area contributed by atoms with Gasteiger partial charge in [0, 0.05) is 51.6 Å². The average molecular weight is 440 g/mol. The number of likely N-dealkylation sites (tertiary alicyclic amines) is 2. The summed E-state index contributed by atoms with van der Waals surface area (Å²) in [6, 6.07) is 0.559.